The van der Waals surface area contributed by atoms with Gasteiger partial charge in [-0.25, -0.2) is 9.37 Å². The fraction of sp³-hybridized carbons (Fsp3) is 0.500. The lowest BCUT2D eigenvalue weighted by atomic mass is 9.95. The molecule has 0 aliphatic carbocycles. The number of nitrogens with one attached hydrogen (secondary N) is 1. The topological polar surface area (TPSA) is 48.7 Å². The van der Waals surface area contributed by atoms with E-state index in [0.29, 0.717) is 0 Å². The van der Waals surface area contributed by atoms with Crippen molar-refractivity contribution >= 4 is 17.2 Å². The summed E-state index contributed by atoms with van der Waals surface area (Å²) in [5.41, 5.74) is 6.93. The molecular formula is C28H39FN6. The van der Waals surface area contributed by atoms with Crippen molar-refractivity contribution in [2.24, 2.45) is 0 Å². The average Bonchev–Trinajstić information content (AvgIpc) is 3.27. The normalized spacial score (nSPS) is 16.2. The van der Waals surface area contributed by atoms with Crippen LogP contribution >= 0.6 is 0 Å². The lowest BCUT2D eigenvalue weighted by Gasteiger charge is -2.38. The van der Waals surface area contributed by atoms with Gasteiger partial charge >= 0.3 is 0 Å². The van der Waals surface area contributed by atoms with Gasteiger partial charge in [-0.05, 0) is 63.8 Å². The van der Waals surface area contributed by atoms with Gasteiger partial charge in [-0.15, -0.1) is 0 Å². The van der Waals surface area contributed by atoms with Gasteiger partial charge < -0.3 is 15.1 Å². The van der Waals surface area contributed by atoms with Gasteiger partial charge in [0.25, 0.3) is 0 Å². The summed E-state index contributed by atoms with van der Waals surface area (Å²) >= 11 is 0. The lowest BCUT2D eigenvalue weighted by Crippen LogP contribution is -2.32. The number of likely N-dealkylation sites (tertiary alicyclic amines) is 1. The molecule has 4 rings (SSSR count). The molecule has 0 saturated carbocycles. The number of hydrogen-bond donors (Lipinski definition) is 1. The molecule has 3 heterocycles. The molecule has 1 aliphatic rings. The first-order valence-electron chi connectivity index (χ1n) is 12.9. The maximum atomic E-state index is 14.2. The molecule has 1 N–H and O–H groups in total. The number of likely N-dealkylation sites (N-methyl/N-ethyl adjacent to an activating group) is 2. The van der Waals surface area contributed by atoms with E-state index >= 15 is 0 Å². The zero-order chi connectivity index (χ0) is 25.1. The Bertz CT molecular complexity index is 1200. The summed E-state index contributed by atoms with van der Waals surface area (Å²) in [6.07, 6.45) is 4.05. The first-order chi connectivity index (χ1) is 16.8. The van der Waals surface area contributed by atoms with E-state index in [2.05, 4.69) is 62.5 Å². The molecule has 1 saturated heterocycles. The molecule has 0 radical (unpaired) electrons. The second kappa shape index (κ2) is 10.8. The average molecular weight is 479 g/mol. The second-order valence-corrected chi connectivity index (χ2v) is 9.57. The first-order valence-corrected chi connectivity index (χ1v) is 12.9. The van der Waals surface area contributed by atoms with Gasteiger partial charge in [0.15, 0.2) is 5.65 Å². The minimum Gasteiger partial charge on any atom is -0.363 e. The largest absolute Gasteiger partial charge is 0.363 e. The van der Waals surface area contributed by atoms with Crippen LogP contribution in [0, 0.1) is 19.7 Å². The van der Waals surface area contributed by atoms with E-state index in [4.69, 9.17) is 10.1 Å². The molecule has 0 bridgehead atoms. The predicted octanol–water partition coefficient (Wildman–Crippen LogP) is 5.29. The van der Waals surface area contributed by atoms with E-state index in [1.165, 1.54) is 6.07 Å². The zero-order valence-corrected chi connectivity index (χ0v) is 21.9. The highest BCUT2D eigenvalue weighted by molar-refractivity contribution is 5.66. The molecule has 0 spiro atoms. The fourth-order valence-electron chi connectivity index (χ4n) is 5.18. The molecule has 188 valence electrons. The number of nitrogens with zero attached hydrogens (tertiary/aromatic N) is 5. The molecular weight excluding hydrogens is 439 g/mol. The van der Waals surface area contributed by atoms with Crippen LogP contribution in [0.2, 0.25) is 0 Å². The van der Waals surface area contributed by atoms with E-state index < -0.39 is 0 Å². The van der Waals surface area contributed by atoms with Crippen LogP contribution in [-0.4, -0.2) is 52.7 Å². The summed E-state index contributed by atoms with van der Waals surface area (Å²) in [6, 6.07) is 7.26. The monoisotopic (exact) mass is 478 g/mol. The molecule has 35 heavy (non-hydrogen) atoms. The number of anilines is 1. The summed E-state index contributed by atoms with van der Waals surface area (Å²) in [5.74, 6) is 0.858. The third-order valence-corrected chi connectivity index (χ3v) is 7.26. The third kappa shape index (κ3) is 5.06. The molecule has 3 aromatic rings. The smallest absolute Gasteiger partial charge is 0.157 e. The maximum Gasteiger partial charge on any atom is 0.157 e. The summed E-state index contributed by atoms with van der Waals surface area (Å²) in [5, 5.41) is 8.51. The second-order valence-electron chi connectivity index (χ2n) is 9.57. The maximum absolute atomic E-state index is 14.2. The Labute approximate surface area is 208 Å². The van der Waals surface area contributed by atoms with Crippen molar-refractivity contribution in [3.8, 4) is 0 Å². The highest BCUT2D eigenvalue weighted by Crippen LogP contribution is 2.38. The fourth-order valence-corrected chi connectivity index (χ4v) is 5.18. The molecule has 1 fully saturated rings. The van der Waals surface area contributed by atoms with E-state index in [1.807, 2.05) is 10.6 Å². The number of rotatable bonds is 9. The van der Waals surface area contributed by atoms with Crippen molar-refractivity contribution in [2.45, 2.75) is 59.4 Å². The number of aryl methyl sites for hydroxylation is 2. The van der Waals surface area contributed by atoms with Crippen molar-refractivity contribution in [1.82, 2.24) is 24.8 Å². The third-order valence-electron chi connectivity index (χ3n) is 7.26. The summed E-state index contributed by atoms with van der Waals surface area (Å²) in [4.78, 5) is 9.45. The van der Waals surface area contributed by atoms with E-state index in [1.54, 1.807) is 6.07 Å². The molecule has 6 nitrogen and oxygen atoms in total. The zero-order valence-electron chi connectivity index (χ0n) is 21.9. The van der Waals surface area contributed by atoms with Crippen LogP contribution in [0.1, 0.15) is 67.2 Å². The SMILES string of the molecule is C=C(c1cc(F)ccc1CC)N1CCCC[C@H]1c1cc2nc(C)c(C)c(N(C)CCNCC)n2n1. The van der Waals surface area contributed by atoms with Crippen molar-refractivity contribution in [3.63, 3.8) is 0 Å². The Morgan fingerprint density at radius 1 is 1.23 bits per heavy atom. The highest BCUT2D eigenvalue weighted by atomic mass is 19.1. The Hall–Kier alpha value is -2.93. The van der Waals surface area contributed by atoms with E-state index in [0.717, 1.165) is 97.1 Å². The van der Waals surface area contributed by atoms with Gasteiger partial charge in [-0.3, -0.25) is 0 Å². The Kier molecular flexibility index (Phi) is 7.75. The molecule has 2 aromatic heterocycles. The van der Waals surface area contributed by atoms with Crippen LogP contribution < -0.4 is 10.2 Å². The van der Waals surface area contributed by atoms with Crippen LogP contribution in [0.4, 0.5) is 10.2 Å². The van der Waals surface area contributed by atoms with Gasteiger partial charge in [0.1, 0.15) is 11.6 Å². The van der Waals surface area contributed by atoms with Crippen molar-refractivity contribution < 1.29 is 4.39 Å². The standard InChI is InChI=1S/C28H39FN6/c1-7-22-12-13-23(29)17-24(22)21(5)34-15-10-9-11-26(34)25-18-27-31-20(4)19(3)28(35(27)32-25)33(6)16-14-30-8-2/h12-13,17-18,26,30H,5,7-11,14-16H2,1-4,6H3/t26-/m0/s1. The number of hydrogen-bond acceptors (Lipinski definition) is 5. The lowest BCUT2D eigenvalue weighted by molar-refractivity contribution is 0.226. The van der Waals surface area contributed by atoms with Crippen LogP contribution in [0.5, 0.6) is 0 Å². The minimum atomic E-state index is -0.222. The molecule has 7 heteroatoms. The highest BCUT2D eigenvalue weighted by Gasteiger charge is 2.29. The summed E-state index contributed by atoms with van der Waals surface area (Å²) in [7, 11) is 2.12. The Morgan fingerprint density at radius 3 is 2.77 bits per heavy atom. The van der Waals surface area contributed by atoms with Crippen molar-refractivity contribution in [2.75, 3.05) is 38.1 Å². The van der Waals surface area contributed by atoms with Gasteiger partial charge in [-0.1, -0.05) is 26.5 Å². The quantitative estimate of drug-likeness (QED) is 0.424. The van der Waals surface area contributed by atoms with Crippen LogP contribution in [0.15, 0.2) is 30.8 Å². The van der Waals surface area contributed by atoms with Gasteiger partial charge in [0, 0.05) is 55.3 Å². The van der Waals surface area contributed by atoms with E-state index in [9.17, 15) is 4.39 Å². The van der Waals surface area contributed by atoms with Crippen molar-refractivity contribution in [3.05, 3.63) is 64.7 Å². The number of aromatic nitrogens is 3. The first kappa shape index (κ1) is 25.2. The molecule has 0 unspecified atom stereocenters. The van der Waals surface area contributed by atoms with Gasteiger partial charge in [-0.2, -0.15) is 9.61 Å². The molecule has 1 aromatic carbocycles. The molecule has 1 atom stereocenters. The Morgan fingerprint density at radius 2 is 2.03 bits per heavy atom. The number of fused-ring (bicyclic) bond motifs is 1. The number of benzene rings is 1. The molecule has 0 amide bonds. The van der Waals surface area contributed by atoms with Crippen LogP contribution in [-0.2, 0) is 6.42 Å². The minimum absolute atomic E-state index is 0.0893. The Balaban J connectivity index is 1.72. The van der Waals surface area contributed by atoms with E-state index in [-0.39, 0.29) is 11.9 Å². The number of halogens is 1. The summed E-state index contributed by atoms with van der Waals surface area (Å²) < 4.78 is 16.2. The van der Waals surface area contributed by atoms with Crippen molar-refractivity contribution in [1.29, 1.82) is 0 Å². The van der Waals surface area contributed by atoms with Crippen LogP contribution in [0.25, 0.3) is 11.3 Å². The van der Waals surface area contributed by atoms with Gasteiger partial charge in [0.2, 0.25) is 0 Å². The molecule has 1 aliphatic heterocycles. The predicted molar refractivity (Wildman–Crippen MR) is 142 cm³/mol. The number of piperidine rings is 1. The van der Waals surface area contributed by atoms with Crippen LogP contribution in [0.3, 0.4) is 0 Å². The van der Waals surface area contributed by atoms with Gasteiger partial charge in [0.05, 0.1) is 11.7 Å². The summed E-state index contributed by atoms with van der Waals surface area (Å²) in [6.45, 7) is 16.5.